The Labute approximate surface area is 122 Å². The number of anilines is 1. The molecule has 4 rings (SSSR count). The highest BCUT2D eigenvalue weighted by Crippen LogP contribution is 2.45. The first-order valence-electron chi connectivity index (χ1n) is 6.52. The Balaban J connectivity index is 1.66. The Morgan fingerprint density at radius 1 is 1.10 bits per heavy atom. The van der Waals surface area contributed by atoms with Crippen molar-refractivity contribution in [3.8, 4) is 5.75 Å². The molecule has 0 saturated heterocycles. The van der Waals surface area contributed by atoms with Crippen LogP contribution in [0.4, 0.5) is 5.69 Å². The Bertz CT molecular complexity index is 681. The zero-order valence-electron chi connectivity index (χ0n) is 11.0. The normalized spacial score (nSPS) is 19.1. The number of nitrogens with zero attached hydrogens (tertiary/aromatic N) is 1. The second-order valence-electron chi connectivity index (χ2n) is 4.76. The van der Waals surface area contributed by atoms with E-state index in [1.54, 1.807) is 7.11 Å². The summed E-state index contributed by atoms with van der Waals surface area (Å²) in [6.07, 6.45) is 2.19. The maximum absolute atomic E-state index is 5.20. The molecule has 100 valence electrons. The van der Waals surface area contributed by atoms with Crippen molar-refractivity contribution in [2.75, 3.05) is 12.0 Å². The van der Waals surface area contributed by atoms with Gasteiger partial charge in [0.05, 0.1) is 18.5 Å². The second-order valence-corrected chi connectivity index (χ2v) is 5.88. The predicted molar refractivity (Wildman–Crippen MR) is 82.7 cm³/mol. The molecule has 0 bridgehead atoms. The Morgan fingerprint density at radius 2 is 1.90 bits per heavy atom. The minimum Gasteiger partial charge on any atom is -0.497 e. The maximum Gasteiger partial charge on any atom is 0.156 e. The monoisotopic (exact) mass is 282 g/mol. The highest BCUT2D eigenvalue weighted by molar-refractivity contribution is 8.00. The number of para-hydroxylation sites is 1. The minimum atomic E-state index is 0.268. The fraction of sp³-hybridized carbons (Fsp3) is 0.125. The smallest absolute Gasteiger partial charge is 0.156 e. The third-order valence-corrected chi connectivity index (χ3v) is 4.75. The second kappa shape index (κ2) is 4.49. The van der Waals surface area contributed by atoms with E-state index in [1.807, 2.05) is 23.9 Å². The van der Waals surface area contributed by atoms with Crippen LogP contribution in [0.3, 0.4) is 0 Å². The first kappa shape index (κ1) is 11.7. The van der Waals surface area contributed by atoms with Gasteiger partial charge < -0.3 is 15.0 Å². The van der Waals surface area contributed by atoms with Crippen LogP contribution >= 0.6 is 11.8 Å². The third kappa shape index (κ3) is 1.76. The summed E-state index contributed by atoms with van der Waals surface area (Å²) in [7, 11) is 1.69. The molecule has 0 saturated carbocycles. The van der Waals surface area contributed by atoms with Gasteiger partial charge in [0.2, 0.25) is 0 Å². The van der Waals surface area contributed by atoms with Crippen LogP contribution in [0.1, 0.15) is 5.56 Å². The molecule has 2 aliphatic rings. The highest BCUT2D eigenvalue weighted by Gasteiger charge is 2.33. The molecule has 0 aromatic heterocycles. The highest BCUT2D eigenvalue weighted by atomic mass is 32.2. The lowest BCUT2D eigenvalue weighted by Gasteiger charge is -2.15. The molecule has 2 heterocycles. The van der Waals surface area contributed by atoms with Crippen molar-refractivity contribution >= 4 is 23.1 Å². The molecule has 2 aromatic rings. The molecular formula is C16H14N2OS. The first-order chi connectivity index (χ1) is 9.85. The molecule has 1 atom stereocenters. The van der Waals surface area contributed by atoms with Crippen LogP contribution in [-0.4, -0.2) is 12.6 Å². The summed E-state index contributed by atoms with van der Waals surface area (Å²) in [5, 5.41) is 3.56. The van der Waals surface area contributed by atoms with E-state index in [2.05, 4.69) is 52.8 Å². The van der Waals surface area contributed by atoms with Crippen molar-refractivity contribution in [3.63, 3.8) is 0 Å². The summed E-state index contributed by atoms with van der Waals surface area (Å²) < 4.78 is 5.20. The molecule has 0 spiro atoms. The van der Waals surface area contributed by atoms with Gasteiger partial charge in [0.15, 0.2) is 5.50 Å². The fourth-order valence-corrected chi connectivity index (χ4v) is 3.71. The number of rotatable bonds is 2. The number of nitrogens with one attached hydrogen (secondary N) is 1. The van der Waals surface area contributed by atoms with Crippen LogP contribution in [0.2, 0.25) is 0 Å². The first-order valence-corrected chi connectivity index (χ1v) is 7.40. The topological polar surface area (TPSA) is 24.5 Å². The van der Waals surface area contributed by atoms with E-state index in [0.717, 1.165) is 11.4 Å². The zero-order valence-corrected chi connectivity index (χ0v) is 11.9. The van der Waals surface area contributed by atoms with Crippen LogP contribution in [0.5, 0.6) is 5.75 Å². The lowest BCUT2D eigenvalue weighted by Crippen LogP contribution is -2.28. The van der Waals surface area contributed by atoms with Crippen molar-refractivity contribution < 1.29 is 4.74 Å². The standard InChI is InChI=1S/C16H14N2OS/c1-19-12-8-6-11(7-9-12)13-10-18-14-4-2-3-5-15(14)20-16(18)17-13/h2-10,16-17H,1H3/t16-/m0/s1. The van der Waals surface area contributed by atoms with E-state index >= 15 is 0 Å². The van der Waals surface area contributed by atoms with E-state index in [-0.39, 0.29) is 5.50 Å². The van der Waals surface area contributed by atoms with Gasteiger partial charge in [-0.05, 0) is 42.0 Å². The Hall–Kier alpha value is -2.07. The summed E-state index contributed by atoms with van der Waals surface area (Å²) in [6.45, 7) is 0. The average Bonchev–Trinajstić information content (AvgIpc) is 3.05. The van der Waals surface area contributed by atoms with E-state index in [4.69, 9.17) is 4.74 Å². The van der Waals surface area contributed by atoms with Crippen molar-refractivity contribution in [3.05, 3.63) is 60.3 Å². The molecule has 1 N–H and O–H groups in total. The Kier molecular flexibility index (Phi) is 2.63. The van der Waals surface area contributed by atoms with Gasteiger partial charge in [-0.3, -0.25) is 0 Å². The fourth-order valence-electron chi connectivity index (χ4n) is 2.55. The molecule has 2 aliphatic heterocycles. The van der Waals surface area contributed by atoms with E-state index in [0.29, 0.717) is 0 Å². The van der Waals surface area contributed by atoms with Gasteiger partial charge in [-0.15, -0.1) is 0 Å². The third-order valence-electron chi connectivity index (χ3n) is 3.58. The van der Waals surface area contributed by atoms with Gasteiger partial charge in [-0.25, -0.2) is 0 Å². The van der Waals surface area contributed by atoms with Gasteiger partial charge in [0.1, 0.15) is 5.75 Å². The van der Waals surface area contributed by atoms with Crippen molar-refractivity contribution in [1.29, 1.82) is 0 Å². The van der Waals surface area contributed by atoms with Gasteiger partial charge in [0, 0.05) is 11.1 Å². The largest absolute Gasteiger partial charge is 0.497 e. The SMILES string of the molecule is COc1ccc(C2=CN3c4ccccc4S[C@H]3N2)cc1. The Morgan fingerprint density at radius 3 is 2.70 bits per heavy atom. The predicted octanol–water partition coefficient (Wildman–Crippen LogP) is 3.49. The molecule has 0 radical (unpaired) electrons. The van der Waals surface area contributed by atoms with E-state index < -0.39 is 0 Å². The van der Waals surface area contributed by atoms with Crippen LogP contribution in [-0.2, 0) is 0 Å². The van der Waals surface area contributed by atoms with Crippen molar-refractivity contribution in [1.82, 2.24) is 5.32 Å². The van der Waals surface area contributed by atoms with Crippen LogP contribution in [0, 0.1) is 0 Å². The van der Waals surface area contributed by atoms with Crippen LogP contribution < -0.4 is 15.0 Å². The summed E-state index contributed by atoms with van der Waals surface area (Å²) in [6, 6.07) is 16.6. The zero-order chi connectivity index (χ0) is 13.5. The van der Waals surface area contributed by atoms with Crippen molar-refractivity contribution in [2.24, 2.45) is 0 Å². The number of hydrogen-bond donors (Lipinski definition) is 1. The maximum atomic E-state index is 5.20. The summed E-state index contributed by atoms with van der Waals surface area (Å²) in [4.78, 5) is 3.62. The summed E-state index contributed by atoms with van der Waals surface area (Å²) >= 11 is 1.85. The van der Waals surface area contributed by atoms with Crippen LogP contribution in [0.25, 0.3) is 5.70 Å². The average molecular weight is 282 g/mol. The van der Waals surface area contributed by atoms with Crippen molar-refractivity contribution in [2.45, 2.75) is 10.4 Å². The van der Waals surface area contributed by atoms with E-state index in [9.17, 15) is 0 Å². The molecule has 20 heavy (non-hydrogen) atoms. The number of hydrogen-bond acceptors (Lipinski definition) is 4. The minimum absolute atomic E-state index is 0.268. The number of thioether (sulfide) groups is 1. The molecule has 0 fully saturated rings. The van der Waals surface area contributed by atoms with Gasteiger partial charge in [0.25, 0.3) is 0 Å². The van der Waals surface area contributed by atoms with E-state index in [1.165, 1.54) is 16.1 Å². The lowest BCUT2D eigenvalue weighted by molar-refractivity contribution is 0.415. The molecule has 4 heteroatoms. The van der Waals surface area contributed by atoms with Gasteiger partial charge in [-0.2, -0.15) is 0 Å². The number of fused-ring (bicyclic) bond motifs is 3. The quantitative estimate of drug-likeness (QED) is 0.911. The lowest BCUT2D eigenvalue weighted by atomic mass is 10.1. The van der Waals surface area contributed by atoms with Gasteiger partial charge in [-0.1, -0.05) is 23.9 Å². The molecule has 0 unspecified atom stereocenters. The summed E-state index contributed by atoms with van der Waals surface area (Å²) in [5.74, 6) is 0.882. The van der Waals surface area contributed by atoms with Gasteiger partial charge >= 0.3 is 0 Å². The number of ether oxygens (including phenoxy) is 1. The summed E-state index contributed by atoms with van der Waals surface area (Å²) in [5.41, 5.74) is 3.88. The number of benzene rings is 2. The van der Waals surface area contributed by atoms with Crippen LogP contribution in [0.15, 0.2) is 59.6 Å². The number of methoxy groups -OCH3 is 1. The molecular weight excluding hydrogens is 268 g/mol. The molecule has 3 nitrogen and oxygen atoms in total. The molecule has 2 aromatic carbocycles. The molecule has 0 amide bonds. The molecule has 0 aliphatic carbocycles.